The van der Waals surface area contributed by atoms with E-state index in [1.54, 1.807) is 6.08 Å². The van der Waals surface area contributed by atoms with E-state index in [9.17, 15) is 20.1 Å². The van der Waals surface area contributed by atoms with Crippen LogP contribution >= 0.6 is 0 Å². The highest BCUT2D eigenvalue weighted by atomic mass is 16.5. The Bertz CT molecular complexity index is 448. The molecule has 1 aliphatic heterocycles. The summed E-state index contributed by atoms with van der Waals surface area (Å²) in [6.07, 6.45) is 10.1. The van der Waals surface area contributed by atoms with Crippen molar-refractivity contribution < 1.29 is 30.0 Å². The Balaban J connectivity index is 2.29. The van der Waals surface area contributed by atoms with Crippen LogP contribution < -0.4 is 0 Å². The van der Waals surface area contributed by atoms with E-state index in [0.29, 0.717) is 25.7 Å². The fourth-order valence-corrected chi connectivity index (χ4v) is 3.01. The molecule has 6 nitrogen and oxygen atoms in total. The van der Waals surface area contributed by atoms with Gasteiger partial charge in [-0.2, -0.15) is 0 Å². The molecule has 0 saturated carbocycles. The quantitative estimate of drug-likeness (QED) is 0.293. The molecular weight excluding hydrogens is 336 g/mol. The summed E-state index contributed by atoms with van der Waals surface area (Å²) in [5, 5.41) is 38.7. The fraction of sp³-hybridized carbons (Fsp3) is 0.750. The Kier molecular flexibility index (Phi) is 11.4. The van der Waals surface area contributed by atoms with Gasteiger partial charge in [0.1, 0.15) is 0 Å². The molecule has 0 bridgehead atoms. The minimum atomic E-state index is -0.905. The molecule has 0 aromatic rings. The second kappa shape index (κ2) is 13.0. The molecule has 1 fully saturated rings. The number of unbranched alkanes of at least 4 members (excludes halogenated alkanes) is 3. The highest BCUT2D eigenvalue weighted by Crippen LogP contribution is 2.27. The summed E-state index contributed by atoms with van der Waals surface area (Å²) in [4.78, 5) is 10.5. The number of ether oxygens (including phenoxy) is 1. The Morgan fingerprint density at radius 2 is 1.96 bits per heavy atom. The van der Waals surface area contributed by atoms with E-state index in [0.717, 1.165) is 12.8 Å². The summed E-state index contributed by atoms with van der Waals surface area (Å²) >= 11 is 0. The molecule has 1 rings (SSSR count). The van der Waals surface area contributed by atoms with Crippen molar-refractivity contribution >= 4 is 5.97 Å². The van der Waals surface area contributed by atoms with E-state index >= 15 is 0 Å². The molecule has 0 aromatic heterocycles. The molecule has 1 heterocycles. The topological polar surface area (TPSA) is 107 Å². The molecule has 0 aromatic carbocycles. The maximum Gasteiger partial charge on any atom is 0.303 e. The Morgan fingerprint density at radius 3 is 2.65 bits per heavy atom. The zero-order valence-corrected chi connectivity index (χ0v) is 15.7. The third-order valence-corrected chi connectivity index (χ3v) is 4.56. The van der Waals surface area contributed by atoms with Gasteiger partial charge in [-0.3, -0.25) is 4.79 Å². The van der Waals surface area contributed by atoms with Crippen molar-refractivity contribution in [3.05, 3.63) is 24.3 Å². The van der Waals surface area contributed by atoms with Crippen LogP contribution in [0.5, 0.6) is 0 Å². The molecule has 0 radical (unpaired) electrons. The van der Waals surface area contributed by atoms with Gasteiger partial charge in [0.05, 0.1) is 30.5 Å². The summed E-state index contributed by atoms with van der Waals surface area (Å²) < 4.78 is 5.65. The summed E-state index contributed by atoms with van der Waals surface area (Å²) in [6, 6.07) is 0. The summed E-state index contributed by atoms with van der Waals surface area (Å²) in [5.74, 6) is -0.870. The van der Waals surface area contributed by atoms with Gasteiger partial charge in [-0.05, 0) is 32.1 Å². The van der Waals surface area contributed by atoms with Gasteiger partial charge in [-0.1, -0.05) is 44.1 Å². The van der Waals surface area contributed by atoms with Crippen molar-refractivity contribution in [1.82, 2.24) is 0 Å². The number of aliphatic hydroxyl groups excluding tert-OH is 3. The number of carbonyl (C=O) groups is 1. The van der Waals surface area contributed by atoms with Crippen LogP contribution in [0.15, 0.2) is 24.3 Å². The number of rotatable bonds is 13. The van der Waals surface area contributed by atoms with Crippen LogP contribution in [0.4, 0.5) is 0 Å². The number of aliphatic carboxylic acids is 1. The molecule has 0 amide bonds. The van der Waals surface area contributed by atoms with Crippen molar-refractivity contribution in [2.75, 3.05) is 0 Å². The van der Waals surface area contributed by atoms with E-state index in [2.05, 4.69) is 13.0 Å². The number of carboxylic acids is 1. The molecule has 4 N–H and O–H groups in total. The SMILES string of the molecule is CCCCC/C=C\C[C@@H](O)/C=C\[C@@H](O)[C@H]1C[C@@H](O)[C@H](CCCC(=O)O)O1. The van der Waals surface area contributed by atoms with Gasteiger partial charge in [0.25, 0.3) is 0 Å². The lowest BCUT2D eigenvalue weighted by Crippen LogP contribution is -2.25. The lowest BCUT2D eigenvalue weighted by molar-refractivity contribution is -0.137. The van der Waals surface area contributed by atoms with Gasteiger partial charge in [0, 0.05) is 12.8 Å². The largest absolute Gasteiger partial charge is 0.481 e. The normalized spacial score (nSPS) is 25.9. The maximum atomic E-state index is 10.5. The maximum absolute atomic E-state index is 10.5. The molecule has 1 aliphatic rings. The van der Waals surface area contributed by atoms with Crippen molar-refractivity contribution in [2.24, 2.45) is 0 Å². The van der Waals surface area contributed by atoms with Crippen LogP contribution in [-0.2, 0) is 9.53 Å². The smallest absolute Gasteiger partial charge is 0.303 e. The van der Waals surface area contributed by atoms with E-state index < -0.39 is 36.5 Å². The van der Waals surface area contributed by atoms with Crippen molar-refractivity contribution in [2.45, 2.75) is 95.2 Å². The van der Waals surface area contributed by atoms with Gasteiger partial charge in [-0.25, -0.2) is 0 Å². The second-order valence-corrected chi connectivity index (χ2v) is 6.95. The first-order chi connectivity index (χ1) is 12.4. The first-order valence-corrected chi connectivity index (χ1v) is 9.68. The standard InChI is InChI=1S/C20H34O6/c1-2-3-4-5-6-7-9-15(21)12-13-16(22)19-14-17(23)18(26-19)10-8-11-20(24)25/h6-7,12-13,15-19,21-23H,2-5,8-11,14H2,1H3,(H,24,25)/b7-6-,13-12-/t15-,16-,17-,18+,19-/m1/s1. The summed E-state index contributed by atoms with van der Waals surface area (Å²) in [7, 11) is 0. The van der Waals surface area contributed by atoms with Crippen molar-refractivity contribution in [3.63, 3.8) is 0 Å². The third kappa shape index (κ3) is 9.48. The van der Waals surface area contributed by atoms with Gasteiger partial charge in [-0.15, -0.1) is 0 Å². The van der Waals surface area contributed by atoms with E-state index in [-0.39, 0.29) is 6.42 Å². The first-order valence-electron chi connectivity index (χ1n) is 9.68. The minimum absolute atomic E-state index is 0.0395. The molecule has 26 heavy (non-hydrogen) atoms. The third-order valence-electron chi connectivity index (χ3n) is 4.56. The predicted octanol–water partition coefficient (Wildman–Crippen LogP) is 2.56. The van der Waals surface area contributed by atoms with E-state index in [4.69, 9.17) is 9.84 Å². The zero-order valence-electron chi connectivity index (χ0n) is 15.7. The molecular formula is C20H34O6. The fourth-order valence-electron chi connectivity index (χ4n) is 3.01. The van der Waals surface area contributed by atoms with Crippen LogP contribution in [0.3, 0.4) is 0 Å². The van der Waals surface area contributed by atoms with Crippen LogP contribution in [0.1, 0.15) is 64.7 Å². The van der Waals surface area contributed by atoms with Crippen molar-refractivity contribution in [1.29, 1.82) is 0 Å². The monoisotopic (exact) mass is 370 g/mol. The minimum Gasteiger partial charge on any atom is -0.481 e. The van der Waals surface area contributed by atoms with Crippen LogP contribution in [-0.4, -0.2) is 56.9 Å². The zero-order chi connectivity index (χ0) is 19.4. The lowest BCUT2D eigenvalue weighted by Gasteiger charge is -2.17. The van der Waals surface area contributed by atoms with Gasteiger partial charge >= 0.3 is 5.97 Å². The first kappa shape index (κ1) is 22.8. The molecule has 150 valence electrons. The number of hydrogen-bond acceptors (Lipinski definition) is 5. The predicted molar refractivity (Wildman–Crippen MR) is 99.8 cm³/mol. The average molecular weight is 370 g/mol. The number of carboxylic acid groups (broad SMARTS) is 1. The molecule has 0 spiro atoms. The number of aliphatic hydroxyl groups is 3. The summed E-state index contributed by atoms with van der Waals surface area (Å²) in [5.41, 5.74) is 0. The van der Waals surface area contributed by atoms with Crippen LogP contribution in [0, 0.1) is 0 Å². The number of hydrogen-bond donors (Lipinski definition) is 4. The van der Waals surface area contributed by atoms with Crippen LogP contribution in [0.25, 0.3) is 0 Å². The highest BCUT2D eigenvalue weighted by Gasteiger charge is 2.36. The molecule has 5 atom stereocenters. The molecule has 1 saturated heterocycles. The lowest BCUT2D eigenvalue weighted by atomic mass is 10.0. The molecule has 0 aliphatic carbocycles. The summed E-state index contributed by atoms with van der Waals surface area (Å²) in [6.45, 7) is 2.16. The Hall–Kier alpha value is -1.21. The average Bonchev–Trinajstić information content (AvgIpc) is 2.96. The number of allylic oxidation sites excluding steroid dienone is 1. The van der Waals surface area contributed by atoms with E-state index in [1.165, 1.54) is 18.9 Å². The highest BCUT2D eigenvalue weighted by molar-refractivity contribution is 5.66. The van der Waals surface area contributed by atoms with Crippen molar-refractivity contribution in [3.8, 4) is 0 Å². The van der Waals surface area contributed by atoms with Gasteiger partial charge < -0.3 is 25.2 Å². The van der Waals surface area contributed by atoms with Gasteiger partial charge in [0.2, 0.25) is 0 Å². The molecule has 6 heteroatoms. The Labute approximate surface area is 156 Å². The second-order valence-electron chi connectivity index (χ2n) is 6.95. The van der Waals surface area contributed by atoms with E-state index in [1.807, 2.05) is 6.08 Å². The molecule has 0 unspecified atom stereocenters. The van der Waals surface area contributed by atoms with Crippen LogP contribution in [0.2, 0.25) is 0 Å². The van der Waals surface area contributed by atoms with Gasteiger partial charge in [0.15, 0.2) is 0 Å². The Morgan fingerprint density at radius 1 is 1.19 bits per heavy atom.